The molecule has 0 amide bonds. The first-order valence-corrected chi connectivity index (χ1v) is 10.1. The molecule has 170 valence electrons. The minimum absolute atomic E-state index is 0.279. The average Bonchev–Trinajstić information content (AvgIpc) is 3.20. The number of aromatic nitrogens is 5. The second kappa shape index (κ2) is 8.99. The highest BCUT2D eigenvalue weighted by Gasteiger charge is 2.19. The zero-order valence-electron chi connectivity index (χ0n) is 18.1. The van der Waals surface area contributed by atoms with E-state index in [1.165, 1.54) is 0 Å². The van der Waals surface area contributed by atoms with Crippen LogP contribution in [-0.2, 0) is 6.61 Å². The summed E-state index contributed by atoms with van der Waals surface area (Å²) in [6, 6.07) is 5.74. The Bertz CT molecular complexity index is 1300. The van der Waals surface area contributed by atoms with Crippen LogP contribution in [-0.4, -0.2) is 29.8 Å². The van der Waals surface area contributed by atoms with Crippen LogP contribution < -0.4 is 5.32 Å². The number of imidazole rings is 1. The van der Waals surface area contributed by atoms with Crippen molar-refractivity contribution in [3.05, 3.63) is 82.8 Å². The van der Waals surface area contributed by atoms with Crippen LogP contribution in [0.5, 0.6) is 0 Å². The van der Waals surface area contributed by atoms with Crippen LogP contribution >= 0.6 is 0 Å². The lowest BCUT2D eigenvalue weighted by molar-refractivity contribution is 0.276. The molecule has 4 aromatic rings. The number of benzene rings is 1. The summed E-state index contributed by atoms with van der Waals surface area (Å²) in [6.07, 6.45) is 3.47. The average molecular weight is 454 g/mol. The smallest absolute Gasteiger partial charge is 0.152 e. The molecule has 0 aliphatic heterocycles. The van der Waals surface area contributed by atoms with Crippen molar-refractivity contribution in [3.63, 3.8) is 0 Å². The van der Waals surface area contributed by atoms with Crippen molar-refractivity contribution in [1.82, 2.24) is 24.7 Å². The number of hydrogen-bond donors (Lipinski definition) is 2. The number of aryl methyl sites for hydroxylation is 2. The molecule has 3 heterocycles. The highest BCUT2D eigenvalue weighted by molar-refractivity contribution is 5.60. The van der Waals surface area contributed by atoms with Crippen molar-refractivity contribution in [2.24, 2.45) is 0 Å². The first kappa shape index (κ1) is 22.4. The topological polar surface area (TPSA) is 88.8 Å². The highest BCUT2D eigenvalue weighted by Crippen LogP contribution is 2.27. The lowest BCUT2D eigenvalue weighted by atomic mass is 10.1. The van der Waals surface area contributed by atoms with Crippen LogP contribution in [0.15, 0.2) is 42.9 Å². The van der Waals surface area contributed by atoms with Gasteiger partial charge in [0.15, 0.2) is 5.82 Å². The molecule has 1 atom stereocenters. The third-order valence-corrected chi connectivity index (χ3v) is 5.17. The standard InChI is InChI=1S/C23H21F3N6O/c1-12-6-19(18-4-5-21(20(10-33)29-18)32-9-13(2)27-11-32)30-31-23(12)28-14(3)22-16(25)7-15(24)8-17(22)26/h4-9,11,14,33H,10H2,1-3H3,(H,28,31)/t14-/m0/s1. The van der Waals surface area contributed by atoms with E-state index in [0.717, 1.165) is 5.69 Å². The number of hydrogen-bond acceptors (Lipinski definition) is 6. The summed E-state index contributed by atoms with van der Waals surface area (Å²) in [7, 11) is 0. The normalized spacial score (nSPS) is 12.1. The minimum atomic E-state index is -0.983. The van der Waals surface area contributed by atoms with Gasteiger partial charge in [-0.05, 0) is 44.5 Å². The first-order chi connectivity index (χ1) is 15.8. The second-order valence-electron chi connectivity index (χ2n) is 7.65. The Labute approximate surface area is 188 Å². The fraction of sp³-hybridized carbons (Fsp3) is 0.217. The van der Waals surface area contributed by atoms with Crippen molar-refractivity contribution in [3.8, 4) is 17.1 Å². The summed E-state index contributed by atoms with van der Waals surface area (Å²) in [5.41, 5.74) is 3.32. The fourth-order valence-corrected chi connectivity index (χ4v) is 3.54. The molecule has 3 aromatic heterocycles. The van der Waals surface area contributed by atoms with Crippen LogP contribution in [0, 0.1) is 31.3 Å². The summed E-state index contributed by atoms with van der Waals surface area (Å²) < 4.78 is 43.1. The molecule has 4 rings (SSSR count). The molecule has 0 bridgehead atoms. The predicted molar refractivity (Wildman–Crippen MR) is 116 cm³/mol. The molecule has 0 spiro atoms. The van der Waals surface area contributed by atoms with E-state index in [2.05, 4.69) is 25.5 Å². The van der Waals surface area contributed by atoms with Crippen molar-refractivity contribution in [1.29, 1.82) is 0 Å². The van der Waals surface area contributed by atoms with Gasteiger partial charge >= 0.3 is 0 Å². The molecule has 0 unspecified atom stereocenters. The van der Waals surface area contributed by atoms with Gasteiger partial charge in [0, 0.05) is 23.9 Å². The third kappa shape index (κ3) is 4.56. The molecule has 33 heavy (non-hydrogen) atoms. The Morgan fingerprint density at radius 1 is 1.03 bits per heavy atom. The van der Waals surface area contributed by atoms with Gasteiger partial charge in [0.25, 0.3) is 0 Å². The van der Waals surface area contributed by atoms with Gasteiger partial charge in [-0.1, -0.05) is 0 Å². The number of anilines is 1. The van der Waals surface area contributed by atoms with Gasteiger partial charge in [-0.3, -0.25) is 0 Å². The van der Waals surface area contributed by atoms with Gasteiger partial charge in [0.1, 0.15) is 23.1 Å². The molecule has 2 N–H and O–H groups in total. The second-order valence-corrected chi connectivity index (χ2v) is 7.65. The van der Waals surface area contributed by atoms with E-state index in [1.807, 2.05) is 13.1 Å². The van der Waals surface area contributed by atoms with E-state index in [4.69, 9.17) is 0 Å². The third-order valence-electron chi connectivity index (χ3n) is 5.17. The Hall–Kier alpha value is -3.79. The van der Waals surface area contributed by atoms with Gasteiger partial charge in [0.2, 0.25) is 0 Å². The van der Waals surface area contributed by atoms with E-state index in [1.54, 1.807) is 42.9 Å². The maximum Gasteiger partial charge on any atom is 0.152 e. The summed E-state index contributed by atoms with van der Waals surface area (Å²) in [5, 5.41) is 21.0. The first-order valence-electron chi connectivity index (χ1n) is 10.1. The van der Waals surface area contributed by atoms with Crippen LogP contribution in [0.2, 0.25) is 0 Å². The van der Waals surface area contributed by atoms with Crippen LogP contribution in [0.1, 0.15) is 35.5 Å². The molecule has 10 heteroatoms. The van der Waals surface area contributed by atoms with E-state index in [0.29, 0.717) is 46.3 Å². The van der Waals surface area contributed by atoms with Crippen molar-refractivity contribution >= 4 is 5.82 Å². The Morgan fingerprint density at radius 2 is 1.76 bits per heavy atom. The quantitative estimate of drug-likeness (QED) is 0.448. The number of aliphatic hydroxyl groups excluding tert-OH is 1. The zero-order chi connectivity index (χ0) is 23.7. The number of halogens is 3. The van der Waals surface area contributed by atoms with E-state index >= 15 is 0 Å². The predicted octanol–water partition coefficient (Wildman–Crippen LogP) is 4.42. The van der Waals surface area contributed by atoms with E-state index in [9.17, 15) is 18.3 Å². The number of nitrogens with zero attached hydrogens (tertiary/aromatic N) is 5. The van der Waals surface area contributed by atoms with Gasteiger partial charge in [-0.25, -0.2) is 23.1 Å². The molecule has 0 radical (unpaired) electrons. The number of pyridine rings is 1. The van der Waals surface area contributed by atoms with Gasteiger partial charge in [-0.15, -0.1) is 10.2 Å². The van der Waals surface area contributed by atoms with E-state index in [-0.39, 0.29) is 12.2 Å². The van der Waals surface area contributed by atoms with Crippen molar-refractivity contribution < 1.29 is 18.3 Å². The molecule has 1 aromatic carbocycles. The van der Waals surface area contributed by atoms with Gasteiger partial charge < -0.3 is 15.0 Å². The van der Waals surface area contributed by atoms with Crippen molar-refractivity contribution in [2.75, 3.05) is 5.32 Å². The monoisotopic (exact) mass is 454 g/mol. The number of nitrogens with one attached hydrogen (secondary N) is 1. The molecule has 0 aliphatic carbocycles. The molecular formula is C23H21F3N6O. The SMILES string of the molecule is Cc1cn(-c2ccc(-c3cc(C)c(N[C@@H](C)c4c(F)cc(F)cc4F)nn3)nc2CO)cn1. The molecule has 0 saturated carbocycles. The maximum atomic E-state index is 14.1. The van der Waals surface area contributed by atoms with Crippen LogP contribution in [0.3, 0.4) is 0 Å². The minimum Gasteiger partial charge on any atom is -0.390 e. The number of rotatable bonds is 6. The lowest BCUT2D eigenvalue weighted by Gasteiger charge is -2.18. The van der Waals surface area contributed by atoms with Crippen LogP contribution in [0.4, 0.5) is 19.0 Å². The van der Waals surface area contributed by atoms with E-state index < -0.39 is 23.5 Å². The Balaban J connectivity index is 1.60. The summed E-state index contributed by atoms with van der Waals surface area (Å²) in [4.78, 5) is 8.69. The zero-order valence-corrected chi connectivity index (χ0v) is 18.1. The maximum absolute atomic E-state index is 14.1. The fourth-order valence-electron chi connectivity index (χ4n) is 3.54. The highest BCUT2D eigenvalue weighted by atomic mass is 19.1. The largest absolute Gasteiger partial charge is 0.390 e. The molecular weight excluding hydrogens is 433 g/mol. The van der Waals surface area contributed by atoms with Crippen molar-refractivity contribution in [2.45, 2.75) is 33.4 Å². The summed E-state index contributed by atoms with van der Waals surface area (Å²) >= 11 is 0. The van der Waals surface area contributed by atoms with Gasteiger partial charge in [-0.2, -0.15) is 0 Å². The molecule has 0 aliphatic rings. The van der Waals surface area contributed by atoms with Crippen LogP contribution in [0.25, 0.3) is 17.1 Å². The number of aliphatic hydroxyl groups is 1. The Morgan fingerprint density at radius 3 is 2.36 bits per heavy atom. The summed E-state index contributed by atoms with van der Waals surface area (Å²) in [5.74, 6) is -2.63. The lowest BCUT2D eigenvalue weighted by Crippen LogP contribution is -2.14. The van der Waals surface area contributed by atoms with Gasteiger partial charge in [0.05, 0.1) is 41.7 Å². The summed E-state index contributed by atoms with van der Waals surface area (Å²) in [6.45, 7) is 4.89. The molecule has 0 saturated heterocycles. The molecule has 0 fully saturated rings. The Kier molecular flexibility index (Phi) is 6.10. The molecule has 7 nitrogen and oxygen atoms in total.